The number of esters is 3. The van der Waals surface area contributed by atoms with Crippen LogP contribution in [0.3, 0.4) is 0 Å². The summed E-state index contributed by atoms with van der Waals surface area (Å²) in [7, 11) is 1.29. The lowest BCUT2D eigenvalue weighted by Crippen LogP contribution is -2.11. The van der Waals surface area contributed by atoms with E-state index < -0.39 is 17.9 Å². The van der Waals surface area contributed by atoms with Crippen LogP contribution in [0.1, 0.15) is 30.1 Å². The van der Waals surface area contributed by atoms with Crippen molar-refractivity contribution >= 4 is 17.9 Å². The van der Waals surface area contributed by atoms with Gasteiger partial charge in [-0.25, -0.2) is 9.59 Å². The molecule has 0 saturated carbocycles. The van der Waals surface area contributed by atoms with E-state index in [4.69, 9.17) is 9.47 Å². The third-order valence-electron chi connectivity index (χ3n) is 2.61. The predicted molar refractivity (Wildman–Crippen MR) is 78.4 cm³/mol. The molecule has 6 nitrogen and oxygen atoms in total. The smallest absolute Gasteiger partial charge is 0.337 e. The average Bonchev–Trinajstić information content (AvgIpc) is 2.51. The number of hydrogen-bond donors (Lipinski definition) is 0. The average molecular weight is 306 g/mol. The summed E-state index contributed by atoms with van der Waals surface area (Å²) in [5.74, 6) is -1.06. The van der Waals surface area contributed by atoms with E-state index in [1.165, 1.54) is 31.4 Å². The quantitative estimate of drug-likeness (QED) is 0.333. The fourth-order valence-electron chi connectivity index (χ4n) is 1.46. The molecule has 1 aromatic carbocycles. The maximum Gasteiger partial charge on any atom is 0.337 e. The van der Waals surface area contributed by atoms with Gasteiger partial charge in [-0.3, -0.25) is 4.79 Å². The molecule has 0 spiro atoms. The predicted octanol–water partition coefficient (Wildman–Crippen LogP) is 2.28. The minimum Gasteiger partial charge on any atom is -0.465 e. The standard InChI is InChI=1S/C16H18O6/c1-11(2)15(18)21-10-4-5-14(17)22-13-8-6-12(7-9-13)16(19)20-3/h6-9H,1,4-5,10H2,2-3H3. The van der Waals surface area contributed by atoms with Gasteiger partial charge in [0.2, 0.25) is 0 Å². The topological polar surface area (TPSA) is 78.9 Å². The van der Waals surface area contributed by atoms with Gasteiger partial charge in [-0.05, 0) is 37.6 Å². The number of benzene rings is 1. The Balaban J connectivity index is 2.34. The molecule has 0 fully saturated rings. The number of carbonyl (C=O) groups excluding carboxylic acids is 3. The lowest BCUT2D eigenvalue weighted by Gasteiger charge is -2.06. The second-order valence-corrected chi connectivity index (χ2v) is 4.51. The SMILES string of the molecule is C=C(C)C(=O)OCCCC(=O)Oc1ccc(C(=O)OC)cc1. The van der Waals surface area contributed by atoms with Crippen molar-refractivity contribution in [2.45, 2.75) is 19.8 Å². The van der Waals surface area contributed by atoms with E-state index in [-0.39, 0.29) is 13.0 Å². The van der Waals surface area contributed by atoms with Gasteiger partial charge in [0, 0.05) is 12.0 Å². The van der Waals surface area contributed by atoms with Crippen LogP contribution in [0.5, 0.6) is 5.75 Å². The molecule has 0 radical (unpaired) electrons. The van der Waals surface area contributed by atoms with Crippen LogP contribution in [0.25, 0.3) is 0 Å². The molecule has 0 unspecified atom stereocenters. The third-order valence-corrected chi connectivity index (χ3v) is 2.61. The Morgan fingerprint density at radius 3 is 2.32 bits per heavy atom. The van der Waals surface area contributed by atoms with Gasteiger partial charge in [-0.15, -0.1) is 0 Å². The monoisotopic (exact) mass is 306 g/mol. The largest absolute Gasteiger partial charge is 0.465 e. The highest BCUT2D eigenvalue weighted by molar-refractivity contribution is 5.89. The number of rotatable bonds is 7. The maximum absolute atomic E-state index is 11.6. The first-order valence-electron chi connectivity index (χ1n) is 6.65. The Morgan fingerprint density at radius 2 is 1.77 bits per heavy atom. The van der Waals surface area contributed by atoms with Crippen molar-refractivity contribution in [2.24, 2.45) is 0 Å². The van der Waals surface area contributed by atoms with Crippen LogP contribution in [0.15, 0.2) is 36.4 Å². The summed E-state index contributed by atoms with van der Waals surface area (Å²) in [5.41, 5.74) is 0.683. The van der Waals surface area contributed by atoms with Crippen molar-refractivity contribution in [1.29, 1.82) is 0 Å². The molecule has 1 aromatic rings. The molecule has 0 N–H and O–H groups in total. The molecule has 22 heavy (non-hydrogen) atoms. The first-order valence-corrected chi connectivity index (χ1v) is 6.65. The first-order chi connectivity index (χ1) is 10.4. The summed E-state index contributed by atoms with van der Waals surface area (Å²) in [6.45, 7) is 5.13. The van der Waals surface area contributed by atoms with Crippen molar-refractivity contribution in [1.82, 2.24) is 0 Å². The van der Waals surface area contributed by atoms with Gasteiger partial charge >= 0.3 is 17.9 Å². The summed E-state index contributed by atoms with van der Waals surface area (Å²) in [6, 6.07) is 6.02. The van der Waals surface area contributed by atoms with E-state index in [0.29, 0.717) is 23.3 Å². The molecule has 0 atom stereocenters. The molecule has 6 heteroatoms. The normalized spacial score (nSPS) is 9.73. The van der Waals surface area contributed by atoms with Gasteiger partial charge in [0.25, 0.3) is 0 Å². The Hall–Kier alpha value is -2.63. The van der Waals surface area contributed by atoms with Gasteiger partial charge in [-0.2, -0.15) is 0 Å². The maximum atomic E-state index is 11.6. The molecule has 118 valence electrons. The molecule has 0 aliphatic heterocycles. The molecule has 0 bridgehead atoms. The Morgan fingerprint density at radius 1 is 1.14 bits per heavy atom. The second-order valence-electron chi connectivity index (χ2n) is 4.51. The Bertz CT molecular complexity index is 559. The summed E-state index contributed by atoms with van der Waals surface area (Å²) in [5, 5.41) is 0. The van der Waals surface area contributed by atoms with Gasteiger partial charge in [-0.1, -0.05) is 6.58 Å². The summed E-state index contributed by atoms with van der Waals surface area (Å²) in [6.07, 6.45) is 0.473. The summed E-state index contributed by atoms with van der Waals surface area (Å²) in [4.78, 5) is 34.0. The number of methoxy groups -OCH3 is 1. The van der Waals surface area contributed by atoms with Crippen molar-refractivity contribution in [3.05, 3.63) is 42.0 Å². The fraction of sp³-hybridized carbons (Fsp3) is 0.312. The minimum atomic E-state index is -0.480. The van der Waals surface area contributed by atoms with Crippen LogP contribution < -0.4 is 4.74 Å². The molecule has 0 saturated heterocycles. The lowest BCUT2D eigenvalue weighted by molar-refractivity contribution is -0.141. The Kier molecular flexibility index (Phi) is 6.82. The van der Waals surface area contributed by atoms with E-state index in [1.807, 2.05) is 0 Å². The molecule has 0 aromatic heterocycles. The van der Waals surface area contributed by atoms with E-state index in [0.717, 1.165) is 0 Å². The zero-order valence-corrected chi connectivity index (χ0v) is 12.6. The van der Waals surface area contributed by atoms with Gasteiger partial charge in [0.15, 0.2) is 0 Å². The molecule has 0 heterocycles. The van der Waals surface area contributed by atoms with Crippen LogP contribution >= 0.6 is 0 Å². The minimum absolute atomic E-state index is 0.113. The second kappa shape index (κ2) is 8.61. The molecule has 0 amide bonds. The van der Waals surface area contributed by atoms with E-state index in [9.17, 15) is 14.4 Å². The van der Waals surface area contributed by atoms with Crippen molar-refractivity contribution in [3.63, 3.8) is 0 Å². The molecule has 0 aliphatic rings. The first kappa shape index (κ1) is 17.4. The van der Waals surface area contributed by atoms with Gasteiger partial charge < -0.3 is 14.2 Å². The van der Waals surface area contributed by atoms with E-state index >= 15 is 0 Å². The number of ether oxygens (including phenoxy) is 3. The van der Waals surface area contributed by atoms with Crippen LogP contribution in [-0.2, 0) is 19.1 Å². The summed E-state index contributed by atoms with van der Waals surface area (Å²) < 4.78 is 14.5. The van der Waals surface area contributed by atoms with Gasteiger partial charge in [0.05, 0.1) is 19.3 Å². The highest BCUT2D eigenvalue weighted by Crippen LogP contribution is 2.14. The molecular formula is C16H18O6. The highest BCUT2D eigenvalue weighted by atomic mass is 16.5. The fourth-order valence-corrected chi connectivity index (χ4v) is 1.46. The molecular weight excluding hydrogens is 288 g/mol. The molecule has 0 aliphatic carbocycles. The summed E-state index contributed by atoms with van der Waals surface area (Å²) >= 11 is 0. The van der Waals surface area contributed by atoms with E-state index in [1.54, 1.807) is 6.92 Å². The number of hydrogen-bond acceptors (Lipinski definition) is 6. The zero-order chi connectivity index (χ0) is 16.5. The Labute approximate surface area is 128 Å². The lowest BCUT2D eigenvalue weighted by atomic mass is 10.2. The van der Waals surface area contributed by atoms with Crippen LogP contribution in [0.2, 0.25) is 0 Å². The highest BCUT2D eigenvalue weighted by Gasteiger charge is 2.09. The van der Waals surface area contributed by atoms with Crippen LogP contribution in [0.4, 0.5) is 0 Å². The van der Waals surface area contributed by atoms with Crippen LogP contribution in [-0.4, -0.2) is 31.6 Å². The third kappa shape index (κ3) is 5.78. The molecule has 1 rings (SSSR count). The van der Waals surface area contributed by atoms with E-state index in [2.05, 4.69) is 11.3 Å². The van der Waals surface area contributed by atoms with Crippen LogP contribution in [0, 0.1) is 0 Å². The number of carbonyl (C=O) groups is 3. The van der Waals surface area contributed by atoms with Crippen molar-refractivity contribution in [2.75, 3.05) is 13.7 Å². The van der Waals surface area contributed by atoms with Crippen molar-refractivity contribution < 1.29 is 28.6 Å². The van der Waals surface area contributed by atoms with Gasteiger partial charge in [0.1, 0.15) is 5.75 Å². The zero-order valence-electron chi connectivity index (χ0n) is 12.6. The van der Waals surface area contributed by atoms with Crippen molar-refractivity contribution in [3.8, 4) is 5.75 Å².